The van der Waals surface area contributed by atoms with E-state index in [-0.39, 0.29) is 28.7 Å². The van der Waals surface area contributed by atoms with E-state index in [0.717, 1.165) is 35.8 Å². The third-order valence-electron chi connectivity index (χ3n) is 6.79. The number of fused-ring (bicyclic) bond motifs is 7. The van der Waals surface area contributed by atoms with Gasteiger partial charge < -0.3 is 15.0 Å². The molecule has 0 radical (unpaired) electrons. The zero-order valence-electron chi connectivity index (χ0n) is 21.6. The van der Waals surface area contributed by atoms with Gasteiger partial charge >= 0.3 is 6.18 Å². The number of pyridine rings is 1. The number of hydrogen-bond acceptors (Lipinski definition) is 6. The summed E-state index contributed by atoms with van der Waals surface area (Å²) in [6.07, 6.45) is -1.82. The number of rotatable bonds is 1. The summed E-state index contributed by atoms with van der Waals surface area (Å²) in [6.45, 7) is 7.24. The Bertz CT molecular complexity index is 1410. The number of benzene rings is 1. The van der Waals surface area contributed by atoms with Crippen molar-refractivity contribution in [1.29, 1.82) is 0 Å². The van der Waals surface area contributed by atoms with Crippen molar-refractivity contribution >= 4 is 23.2 Å². The van der Waals surface area contributed by atoms with Crippen LogP contribution in [0.25, 0.3) is 11.3 Å². The number of hydrogen-bond donors (Lipinski definition) is 1. The fourth-order valence-electron chi connectivity index (χ4n) is 4.69. The van der Waals surface area contributed by atoms with Gasteiger partial charge in [0, 0.05) is 19.2 Å². The Labute approximate surface area is 218 Å². The Morgan fingerprint density at radius 1 is 1.18 bits per heavy atom. The van der Waals surface area contributed by atoms with Crippen LogP contribution in [0.5, 0.6) is 5.88 Å². The maximum atomic E-state index is 13.8. The van der Waals surface area contributed by atoms with E-state index in [0.29, 0.717) is 24.9 Å². The lowest BCUT2D eigenvalue weighted by Crippen LogP contribution is -2.35. The van der Waals surface area contributed by atoms with E-state index in [1.807, 2.05) is 17.0 Å². The normalized spacial score (nSPS) is 19.4. The number of guanidine groups is 1. The molecule has 0 spiro atoms. The van der Waals surface area contributed by atoms with Crippen molar-refractivity contribution in [3.05, 3.63) is 53.3 Å². The van der Waals surface area contributed by atoms with Gasteiger partial charge in [-0.1, -0.05) is 26.8 Å². The highest BCUT2D eigenvalue weighted by Crippen LogP contribution is 2.37. The maximum absolute atomic E-state index is 13.8. The van der Waals surface area contributed by atoms with Crippen LogP contribution in [0.1, 0.15) is 61.1 Å². The lowest BCUT2D eigenvalue weighted by molar-refractivity contribution is -0.141. The molecule has 0 saturated carbocycles. The Balaban J connectivity index is 1.64. The SMILES string of the molecule is CC(C)c1ccc2c(c1)N1C[C@H](C)CCCOc3c(cnn3C)-c3cc(cc(C(F)(F)F)n3)C(=O)/N=C/1N2. The van der Waals surface area contributed by atoms with Crippen LogP contribution >= 0.6 is 0 Å². The molecule has 1 atom stereocenters. The molecule has 4 heterocycles. The van der Waals surface area contributed by atoms with Crippen LogP contribution in [0.4, 0.5) is 24.5 Å². The smallest absolute Gasteiger partial charge is 0.433 e. The Kier molecular flexibility index (Phi) is 6.62. The number of halogens is 3. The molecule has 2 bridgehead atoms. The number of nitrogens with one attached hydrogen (secondary N) is 1. The molecule has 1 N–H and O–H groups in total. The summed E-state index contributed by atoms with van der Waals surface area (Å²) < 4.78 is 48.8. The number of aliphatic imine (C=N–C) groups is 1. The predicted octanol–water partition coefficient (Wildman–Crippen LogP) is 5.86. The topological polar surface area (TPSA) is 84.6 Å². The number of carbonyl (C=O) groups is 1. The van der Waals surface area contributed by atoms with Gasteiger partial charge in [0.05, 0.1) is 35.4 Å². The lowest BCUT2D eigenvalue weighted by atomic mass is 10.0. The van der Waals surface area contributed by atoms with Gasteiger partial charge in [0.1, 0.15) is 5.69 Å². The van der Waals surface area contributed by atoms with Crippen molar-refractivity contribution in [3.8, 4) is 17.1 Å². The summed E-state index contributed by atoms with van der Waals surface area (Å²) in [5.41, 5.74) is 1.62. The molecule has 1 amide bonds. The van der Waals surface area contributed by atoms with E-state index >= 15 is 0 Å². The molecule has 38 heavy (non-hydrogen) atoms. The average Bonchev–Trinajstić information content (AvgIpc) is 3.39. The van der Waals surface area contributed by atoms with Crippen LogP contribution in [0.15, 0.2) is 41.5 Å². The molecule has 200 valence electrons. The number of aryl methyl sites for hydroxylation is 1. The second-order valence-corrected chi connectivity index (χ2v) is 10.1. The van der Waals surface area contributed by atoms with Crippen LogP contribution in [-0.4, -0.2) is 39.8 Å². The first-order valence-corrected chi connectivity index (χ1v) is 12.6. The van der Waals surface area contributed by atoms with Crippen molar-refractivity contribution < 1.29 is 22.7 Å². The zero-order valence-corrected chi connectivity index (χ0v) is 21.6. The minimum atomic E-state index is -4.76. The number of carbonyl (C=O) groups excluding carboxylic acids is 1. The van der Waals surface area contributed by atoms with E-state index in [4.69, 9.17) is 4.74 Å². The molecule has 11 heteroatoms. The fourth-order valence-corrected chi connectivity index (χ4v) is 4.69. The van der Waals surface area contributed by atoms with Crippen LogP contribution in [0.2, 0.25) is 0 Å². The molecule has 2 aliphatic heterocycles. The molecule has 2 aromatic heterocycles. The first-order valence-electron chi connectivity index (χ1n) is 12.6. The molecular weight excluding hydrogens is 497 g/mol. The lowest BCUT2D eigenvalue weighted by Gasteiger charge is -2.23. The highest BCUT2D eigenvalue weighted by Gasteiger charge is 2.35. The van der Waals surface area contributed by atoms with Crippen LogP contribution < -0.4 is 15.0 Å². The van der Waals surface area contributed by atoms with Crippen LogP contribution in [0, 0.1) is 5.92 Å². The minimum Gasteiger partial charge on any atom is -0.477 e. The largest absolute Gasteiger partial charge is 0.477 e. The highest BCUT2D eigenvalue weighted by atomic mass is 19.4. The predicted molar refractivity (Wildman–Crippen MR) is 139 cm³/mol. The third-order valence-corrected chi connectivity index (χ3v) is 6.79. The van der Waals surface area contributed by atoms with Gasteiger partial charge in [-0.25, -0.2) is 9.67 Å². The van der Waals surface area contributed by atoms with Gasteiger partial charge in [-0.05, 0) is 54.5 Å². The molecule has 1 aromatic carbocycles. The highest BCUT2D eigenvalue weighted by molar-refractivity contribution is 6.19. The van der Waals surface area contributed by atoms with Crippen molar-refractivity contribution in [2.45, 2.75) is 45.7 Å². The van der Waals surface area contributed by atoms with Crippen molar-refractivity contribution in [3.63, 3.8) is 0 Å². The first-order chi connectivity index (χ1) is 18.0. The van der Waals surface area contributed by atoms with E-state index in [2.05, 4.69) is 47.2 Å². The summed E-state index contributed by atoms with van der Waals surface area (Å²) >= 11 is 0. The fraction of sp³-hybridized carbons (Fsp3) is 0.407. The molecule has 0 unspecified atom stereocenters. The van der Waals surface area contributed by atoms with E-state index in [1.165, 1.54) is 16.9 Å². The van der Waals surface area contributed by atoms with Gasteiger partial charge in [0.2, 0.25) is 11.8 Å². The van der Waals surface area contributed by atoms with Crippen LogP contribution in [0.3, 0.4) is 0 Å². The average molecular weight is 527 g/mol. The monoisotopic (exact) mass is 526 g/mol. The van der Waals surface area contributed by atoms with Crippen molar-refractivity contribution in [1.82, 2.24) is 14.8 Å². The van der Waals surface area contributed by atoms with E-state index in [9.17, 15) is 18.0 Å². The van der Waals surface area contributed by atoms with Crippen molar-refractivity contribution in [2.24, 2.45) is 18.0 Å². The molecule has 8 nitrogen and oxygen atoms in total. The quantitative estimate of drug-likeness (QED) is 0.428. The molecule has 0 aliphatic carbocycles. The van der Waals surface area contributed by atoms with Crippen molar-refractivity contribution in [2.75, 3.05) is 23.4 Å². The molecular formula is C27H29F3N6O2. The second kappa shape index (κ2) is 9.77. The molecule has 2 aliphatic rings. The number of amides is 1. The van der Waals surface area contributed by atoms with E-state index in [1.54, 1.807) is 7.05 Å². The summed E-state index contributed by atoms with van der Waals surface area (Å²) in [5.74, 6) is 0.287. The maximum Gasteiger partial charge on any atom is 0.433 e. The number of aromatic nitrogens is 3. The van der Waals surface area contributed by atoms with Gasteiger partial charge in [-0.15, -0.1) is 0 Å². The van der Waals surface area contributed by atoms with E-state index < -0.39 is 17.8 Å². The third kappa shape index (κ3) is 4.97. The Morgan fingerprint density at radius 2 is 1.97 bits per heavy atom. The number of alkyl halides is 3. The molecule has 0 fully saturated rings. The van der Waals surface area contributed by atoms with Crippen LogP contribution in [-0.2, 0) is 13.2 Å². The molecule has 5 rings (SSSR count). The van der Waals surface area contributed by atoms with Gasteiger partial charge in [-0.2, -0.15) is 23.3 Å². The summed E-state index contributed by atoms with van der Waals surface area (Å²) in [6, 6.07) is 8.06. The first kappa shape index (κ1) is 25.7. The number of anilines is 2. The minimum absolute atomic E-state index is 0.0594. The summed E-state index contributed by atoms with van der Waals surface area (Å²) in [5, 5.41) is 7.34. The Morgan fingerprint density at radius 3 is 2.71 bits per heavy atom. The second-order valence-electron chi connectivity index (χ2n) is 10.1. The molecule has 3 aromatic rings. The molecule has 0 saturated heterocycles. The standard InChI is InChI=1S/C27H29F3N6O2/c1-15(2)17-7-8-20-22(11-17)36-14-16(3)6-5-9-38-25-19(13-31-35(25)4)21-10-18(24(37)34-26(36)33-20)12-23(32-21)27(28,29)30/h7-8,10-13,15-16H,5-6,9,14H2,1-4H3,(H,33,34,37)/t16-/m1/s1. The summed E-state index contributed by atoms with van der Waals surface area (Å²) in [4.78, 5) is 23.4. The van der Waals surface area contributed by atoms with Gasteiger partial charge in [-0.3, -0.25) is 4.79 Å². The number of nitrogens with zero attached hydrogens (tertiary/aromatic N) is 5. The summed E-state index contributed by atoms with van der Waals surface area (Å²) in [7, 11) is 1.64. The van der Waals surface area contributed by atoms with Gasteiger partial charge in [0.15, 0.2) is 0 Å². The zero-order chi connectivity index (χ0) is 27.2. The number of ether oxygens (including phenoxy) is 1. The Hall–Kier alpha value is -3.89. The van der Waals surface area contributed by atoms with Gasteiger partial charge in [0.25, 0.3) is 5.91 Å².